The summed E-state index contributed by atoms with van der Waals surface area (Å²) in [4.78, 5) is 24.5. The van der Waals surface area contributed by atoms with Crippen molar-refractivity contribution in [2.75, 3.05) is 62.8 Å². The fraction of sp³-hybridized carbons (Fsp3) is 0.538. The van der Waals surface area contributed by atoms with Gasteiger partial charge in [0, 0.05) is 63.2 Å². The zero-order valence-corrected chi connectivity index (χ0v) is 19.5. The van der Waals surface area contributed by atoms with E-state index in [2.05, 4.69) is 46.1 Å². The number of benzene rings is 1. The molecule has 7 nitrogen and oxygen atoms in total. The molecule has 0 saturated carbocycles. The molecule has 0 aliphatic carbocycles. The highest BCUT2D eigenvalue weighted by Gasteiger charge is 2.33. The lowest BCUT2D eigenvalue weighted by molar-refractivity contribution is -0.120. The average Bonchev–Trinajstić information content (AvgIpc) is 3.21. The van der Waals surface area contributed by atoms with Crippen molar-refractivity contribution in [3.8, 4) is 5.88 Å². The summed E-state index contributed by atoms with van der Waals surface area (Å²) in [6, 6.07) is 12.4. The van der Waals surface area contributed by atoms with Gasteiger partial charge in [0.1, 0.15) is 6.10 Å². The standard InChI is InChI=1S/C26H34N4O3/c1-28-12-14-29(15-13-28)24-5-3-2-4-20(24)18-21-8-11-30(26(21)31)22-6-7-25(27-19-22)33-23-9-16-32-17-10-23/h2-7,19,21,23H,8-18H2,1H3/t21-/m1/s1. The lowest BCUT2D eigenvalue weighted by Crippen LogP contribution is -2.44. The number of carbonyl (C=O) groups excluding carboxylic acids is 1. The van der Waals surface area contributed by atoms with E-state index in [0.29, 0.717) is 5.88 Å². The van der Waals surface area contributed by atoms with Gasteiger partial charge in [-0.15, -0.1) is 0 Å². The minimum atomic E-state index is 0.0109. The van der Waals surface area contributed by atoms with E-state index < -0.39 is 0 Å². The molecule has 0 radical (unpaired) electrons. The van der Waals surface area contributed by atoms with Crippen LogP contribution in [0.5, 0.6) is 5.88 Å². The number of amides is 1. The first kappa shape index (κ1) is 22.2. The number of hydrogen-bond donors (Lipinski definition) is 0. The minimum absolute atomic E-state index is 0.0109. The van der Waals surface area contributed by atoms with E-state index in [1.807, 2.05) is 17.0 Å². The van der Waals surface area contributed by atoms with Crippen molar-refractivity contribution in [2.45, 2.75) is 31.8 Å². The molecule has 1 aromatic carbocycles. The third-order valence-electron chi connectivity index (χ3n) is 7.11. The predicted molar refractivity (Wildman–Crippen MR) is 129 cm³/mol. The molecular weight excluding hydrogens is 416 g/mol. The fourth-order valence-corrected chi connectivity index (χ4v) is 5.06. The molecule has 5 rings (SSSR count). The molecule has 176 valence electrons. The number of anilines is 2. The van der Waals surface area contributed by atoms with E-state index in [4.69, 9.17) is 9.47 Å². The lowest BCUT2D eigenvalue weighted by atomic mass is 9.96. The second-order valence-corrected chi connectivity index (χ2v) is 9.38. The van der Waals surface area contributed by atoms with Crippen LogP contribution in [0, 0.1) is 5.92 Å². The molecule has 33 heavy (non-hydrogen) atoms. The Morgan fingerprint density at radius 3 is 2.55 bits per heavy atom. The van der Waals surface area contributed by atoms with Crippen molar-refractivity contribution in [3.05, 3.63) is 48.2 Å². The first-order valence-corrected chi connectivity index (χ1v) is 12.2. The Labute approximate surface area is 196 Å². The Morgan fingerprint density at radius 1 is 1.00 bits per heavy atom. The molecule has 3 aliphatic rings. The largest absolute Gasteiger partial charge is 0.474 e. The molecule has 0 unspecified atom stereocenters. The van der Waals surface area contributed by atoms with Crippen LogP contribution in [-0.4, -0.2) is 74.9 Å². The van der Waals surface area contributed by atoms with Crippen LogP contribution < -0.4 is 14.5 Å². The second-order valence-electron chi connectivity index (χ2n) is 9.38. The number of nitrogens with zero attached hydrogens (tertiary/aromatic N) is 4. The highest BCUT2D eigenvalue weighted by Crippen LogP contribution is 2.31. The molecule has 2 aromatic rings. The molecule has 0 N–H and O–H groups in total. The van der Waals surface area contributed by atoms with Crippen molar-refractivity contribution in [2.24, 2.45) is 5.92 Å². The van der Waals surface area contributed by atoms with E-state index >= 15 is 0 Å². The van der Waals surface area contributed by atoms with Gasteiger partial charge in [0.15, 0.2) is 0 Å². The van der Waals surface area contributed by atoms with Crippen LogP contribution in [0.3, 0.4) is 0 Å². The van der Waals surface area contributed by atoms with Crippen LogP contribution in [0.4, 0.5) is 11.4 Å². The highest BCUT2D eigenvalue weighted by atomic mass is 16.5. The van der Waals surface area contributed by atoms with E-state index in [9.17, 15) is 4.79 Å². The number of piperazine rings is 1. The summed E-state index contributed by atoms with van der Waals surface area (Å²) in [5.74, 6) is 0.829. The van der Waals surface area contributed by atoms with Crippen LogP contribution in [0.2, 0.25) is 0 Å². The third-order valence-corrected chi connectivity index (χ3v) is 7.11. The Hall–Kier alpha value is -2.64. The maximum Gasteiger partial charge on any atom is 0.230 e. The maximum absolute atomic E-state index is 13.3. The number of likely N-dealkylation sites (N-methyl/N-ethyl adjacent to an activating group) is 1. The number of carbonyl (C=O) groups is 1. The quantitative estimate of drug-likeness (QED) is 0.675. The average molecular weight is 451 g/mol. The smallest absolute Gasteiger partial charge is 0.230 e. The molecule has 3 aliphatic heterocycles. The Balaban J connectivity index is 1.22. The summed E-state index contributed by atoms with van der Waals surface area (Å²) in [5, 5.41) is 0. The normalized spacial score (nSPS) is 22.7. The number of hydrogen-bond acceptors (Lipinski definition) is 6. The first-order chi connectivity index (χ1) is 16.2. The molecule has 3 saturated heterocycles. The summed E-state index contributed by atoms with van der Waals surface area (Å²) < 4.78 is 11.4. The Kier molecular flexibility index (Phi) is 6.78. The number of rotatable bonds is 6. The number of ether oxygens (including phenoxy) is 2. The molecule has 1 amide bonds. The monoisotopic (exact) mass is 450 g/mol. The summed E-state index contributed by atoms with van der Waals surface area (Å²) in [6.45, 7) is 6.44. The molecule has 1 atom stereocenters. The van der Waals surface area contributed by atoms with E-state index in [-0.39, 0.29) is 17.9 Å². The third kappa shape index (κ3) is 5.14. The van der Waals surface area contributed by atoms with Gasteiger partial charge in [-0.05, 0) is 37.6 Å². The van der Waals surface area contributed by atoms with E-state index in [0.717, 1.165) is 77.3 Å². The van der Waals surface area contributed by atoms with Crippen molar-refractivity contribution in [1.29, 1.82) is 0 Å². The summed E-state index contributed by atoms with van der Waals surface area (Å²) in [6.07, 6.45) is 5.38. The van der Waals surface area contributed by atoms with Gasteiger partial charge in [-0.3, -0.25) is 4.79 Å². The zero-order valence-electron chi connectivity index (χ0n) is 19.5. The Morgan fingerprint density at radius 2 is 1.79 bits per heavy atom. The van der Waals surface area contributed by atoms with Gasteiger partial charge < -0.3 is 24.2 Å². The molecule has 1 aromatic heterocycles. The molecule has 0 bridgehead atoms. The van der Waals surface area contributed by atoms with Crippen molar-refractivity contribution < 1.29 is 14.3 Å². The van der Waals surface area contributed by atoms with Gasteiger partial charge in [-0.25, -0.2) is 4.98 Å². The lowest BCUT2D eigenvalue weighted by Gasteiger charge is -2.35. The van der Waals surface area contributed by atoms with Crippen LogP contribution in [-0.2, 0) is 16.0 Å². The highest BCUT2D eigenvalue weighted by molar-refractivity contribution is 5.97. The van der Waals surface area contributed by atoms with Crippen LogP contribution in [0.1, 0.15) is 24.8 Å². The van der Waals surface area contributed by atoms with E-state index in [1.54, 1.807) is 6.20 Å². The van der Waals surface area contributed by atoms with Crippen LogP contribution in [0.15, 0.2) is 42.6 Å². The second kappa shape index (κ2) is 10.1. The minimum Gasteiger partial charge on any atom is -0.474 e. The summed E-state index contributed by atoms with van der Waals surface area (Å²) in [5.41, 5.74) is 3.42. The molecule has 0 spiro atoms. The number of pyridine rings is 1. The Bertz CT molecular complexity index is 937. The molecule has 4 heterocycles. The summed E-state index contributed by atoms with van der Waals surface area (Å²) in [7, 11) is 2.17. The number of aromatic nitrogens is 1. The topological polar surface area (TPSA) is 58.1 Å². The van der Waals surface area contributed by atoms with Crippen LogP contribution in [0.25, 0.3) is 0 Å². The summed E-state index contributed by atoms with van der Waals surface area (Å²) >= 11 is 0. The zero-order chi connectivity index (χ0) is 22.6. The number of para-hydroxylation sites is 1. The first-order valence-electron chi connectivity index (χ1n) is 12.2. The van der Waals surface area contributed by atoms with Gasteiger partial charge in [-0.2, -0.15) is 0 Å². The fourth-order valence-electron chi connectivity index (χ4n) is 5.06. The van der Waals surface area contributed by atoms with Gasteiger partial charge in [0.2, 0.25) is 11.8 Å². The molecular formula is C26H34N4O3. The van der Waals surface area contributed by atoms with Crippen molar-refractivity contribution >= 4 is 17.3 Å². The molecule has 3 fully saturated rings. The van der Waals surface area contributed by atoms with Crippen LogP contribution >= 0.6 is 0 Å². The van der Waals surface area contributed by atoms with Crippen molar-refractivity contribution in [1.82, 2.24) is 9.88 Å². The van der Waals surface area contributed by atoms with Crippen molar-refractivity contribution in [3.63, 3.8) is 0 Å². The van der Waals surface area contributed by atoms with Gasteiger partial charge in [0.05, 0.1) is 25.1 Å². The predicted octanol–water partition coefficient (Wildman–Crippen LogP) is 2.99. The SMILES string of the molecule is CN1CCN(c2ccccc2C[C@H]2CCN(c3ccc(OC4CCOCC4)nc3)C2=O)CC1. The molecule has 7 heteroatoms. The van der Waals surface area contributed by atoms with E-state index in [1.165, 1.54) is 11.3 Å². The van der Waals surface area contributed by atoms with Gasteiger partial charge in [-0.1, -0.05) is 18.2 Å². The van der Waals surface area contributed by atoms with Gasteiger partial charge in [0.25, 0.3) is 0 Å². The maximum atomic E-state index is 13.3. The van der Waals surface area contributed by atoms with Gasteiger partial charge >= 0.3 is 0 Å².